The maximum atomic E-state index is 11.0. The van der Waals surface area contributed by atoms with Crippen LogP contribution >= 0.6 is 12.8 Å². The summed E-state index contributed by atoms with van der Waals surface area (Å²) in [6.07, 6.45) is -0.454. The normalized spacial score (nSPS) is 14.1. The molecule has 0 aliphatic heterocycles. The molecule has 0 spiro atoms. The third-order valence-corrected chi connectivity index (χ3v) is 2.47. The zero-order valence-electron chi connectivity index (χ0n) is 11.6. The van der Waals surface area contributed by atoms with Crippen LogP contribution in [0, 0.1) is 0 Å². The topological polar surface area (TPSA) is 75.2 Å². The Morgan fingerprint density at radius 3 is 2.16 bits per heavy atom. The molecule has 0 aliphatic carbocycles. The van der Waals surface area contributed by atoms with Gasteiger partial charge in [-0.15, -0.1) is 0 Å². The maximum absolute atomic E-state index is 11.0. The molecular formula is C11H23NO6S. The second kappa shape index (κ2) is 12.6. The molecule has 0 fully saturated rings. The predicted molar refractivity (Wildman–Crippen MR) is 72.2 cm³/mol. The molecule has 0 aromatic heterocycles. The van der Waals surface area contributed by atoms with Crippen LogP contribution in [-0.4, -0.2) is 72.5 Å². The van der Waals surface area contributed by atoms with Crippen LogP contribution in [0.15, 0.2) is 0 Å². The van der Waals surface area contributed by atoms with E-state index in [2.05, 4.69) is 17.5 Å². The van der Waals surface area contributed by atoms with Gasteiger partial charge in [0.2, 0.25) is 0 Å². The quantitative estimate of drug-likeness (QED) is 0.480. The van der Waals surface area contributed by atoms with Crippen LogP contribution in [0.4, 0.5) is 0 Å². The van der Waals surface area contributed by atoms with Gasteiger partial charge in [-0.05, 0) is 0 Å². The molecule has 0 aromatic rings. The Morgan fingerprint density at radius 1 is 1.05 bits per heavy atom. The molecule has 0 heterocycles. The van der Waals surface area contributed by atoms with E-state index < -0.39 is 0 Å². The van der Waals surface area contributed by atoms with Crippen molar-refractivity contribution in [1.29, 1.82) is 0 Å². The Kier molecular flexibility index (Phi) is 12.4. The standard InChI is InChI=1S/C11H23NO6S/c1-14-4-9(16-3)6-17-7-10(5-15-2)18-8-11(13)12-19/h9-10,19H,4-8H2,1-3H3,(H,12,13). The van der Waals surface area contributed by atoms with Crippen LogP contribution < -0.4 is 4.72 Å². The summed E-state index contributed by atoms with van der Waals surface area (Å²) in [6.45, 7) is 1.38. The lowest BCUT2D eigenvalue weighted by Gasteiger charge is -2.19. The molecule has 1 amide bonds. The number of amides is 1. The largest absolute Gasteiger partial charge is 0.382 e. The van der Waals surface area contributed by atoms with Crippen LogP contribution in [0.1, 0.15) is 0 Å². The van der Waals surface area contributed by atoms with Crippen molar-refractivity contribution in [2.24, 2.45) is 0 Å². The highest BCUT2D eigenvalue weighted by atomic mass is 32.1. The number of carbonyl (C=O) groups is 1. The van der Waals surface area contributed by atoms with E-state index in [1.807, 2.05) is 0 Å². The average Bonchev–Trinajstić information content (AvgIpc) is 2.43. The summed E-state index contributed by atoms with van der Waals surface area (Å²) in [6, 6.07) is 0. The molecular weight excluding hydrogens is 274 g/mol. The fraction of sp³-hybridized carbons (Fsp3) is 0.909. The molecule has 0 radical (unpaired) electrons. The van der Waals surface area contributed by atoms with Crippen LogP contribution in [0.5, 0.6) is 0 Å². The monoisotopic (exact) mass is 297 g/mol. The van der Waals surface area contributed by atoms with E-state index in [0.29, 0.717) is 26.4 Å². The van der Waals surface area contributed by atoms with Crippen molar-refractivity contribution in [2.45, 2.75) is 12.2 Å². The highest BCUT2D eigenvalue weighted by molar-refractivity contribution is 7.78. The third kappa shape index (κ3) is 10.1. The maximum Gasteiger partial charge on any atom is 0.255 e. The Hall–Kier alpha value is -0.380. The van der Waals surface area contributed by atoms with Crippen molar-refractivity contribution < 1.29 is 28.5 Å². The summed E-state index contributed by atoms with van der Waals surface area (Å²) in [5.74, 6) is -0.321. The number of hydrogen-bond acceptors (Lipinski definition) is 7. The van der Waals surface area contributed by atoms with Gasteiger partial charge >= 0.3 is 0 Å². The van der Waals surface area contributed by atoms with Crippen molar-refractivity contribution in [2.75, 3.05) is 54.4 Å². The Balaban J connectivity index is 3.89. The summed E-state index contributed by atoms with van der Waals surface area (Å²) in [5, 5.41) is 0. The Morgan fingerprint density at radius 2 is 1.63 bits per heavy atom. The SMILES string of the molecule is COCC(COCC(COC)OCC(=O)NS)OC. The predicted octanol–water partition coefficient (Wildman–Crippen LogP) is -0.343. The summed E-state index contributed by atoms with van der Waals surface area (Å²) >= 11 is 3.63. The third-order valence-electron chi connectivity index (χ3n) is 2.22. The molecule has 19 heavy (non-hydrogen) atoms. The van der Waals surface area contributed by atoms with Gasteiger partial charge in [0, 0.05) is 21.3 Å². The number of methoxy groups -OCH3 is 3. The van der Waals surface area contributed by atoms with Gasteiger partial charge in [-0.1, -0.05) is 12.8 Å². The van der Waals surface area contributed by atoms with Gasteiger partial charge in [0.1, 0.15) is 18.8 Å². The summed E-state index contributed by atoms with van der Waals surface area (Å²) in [5.41, 5.74) is 0. The minimum Gasteiger partial charge on any atom is -0.382 e. The fourth-order valence-corrected chi connectivity index (χ4v) is 1.32. The van der Waals surface area contributed by atoms with E-state index in [1.165, 1.54) is 0 Å². The molecule has 0 rings (SSSR count). The summed E-state index contributed by atoms with van der Waals surface area (Å²) in [7, 11) is 4.74. The number of nitrogens with one attached hydrogen (secondary N) is 1. The molecule has 114 valence electrons. The van der Waals surface area contributed by atoms with Gasteiger partial charge in [-0.2, -0.15) is 0 Å². The lowest BCUT2D eigenvalue weighted by atomic mass is 10.4. The van der Waals surface area contributed by atoms with Gasteiger partial charge in [-0.3, -0.25) is 4.79 Å². The Bertz CT molecular complexity index is 231. The molecule has 0 saturated heterocycles. The van der Waals surface area contributed by atoms with Crippen molar-refractivity contribution in [3.05, 3.63) is 0 Å². The van der Waals surface area contributed by atoms with Crippen molar-refractivity contribution in [3.63, 3.8) is 0 Å². The van der Waals surface area contributed by atoms with Gasteiger partial charge in [0.15, 0.2) is 0 Å². The first kappa shape index (κ1) is 18.6. The van der Waals surface area contributed by atoms with E-state index in [0.717, 1.165) is 0 Å². The zero-order valence-corrected chi connectivity index (χ0v) is 12.5. The van der Waals surface area contributed by atoms with E-state index >= 15 is 0 Å². The van der Waals surface area contributed by atoms with Gasteiger partial charge in [0.25, 0.3) is 5.91 Å². The van der Waals surface area contributed by atoms with Crippen molar-refractivity contribution in [1.82, 2.24) is 4.72 Å². The lowest BCUT2D eigenvalue weighted by molar-refractivity contribution is -0.130. The minimum atomic E-state index is -0.323. The molecule has 2 atom stereocenters. The molecule has 0 bridgehead atoms. The first-order chi connectivity index (χ1) is 9.17. The highest BCUT2D eigenvalue weighted by Crippen LogP contribution is 1.98. The summed E-state index contributed by atoms with van der Waals surface area (Å²) in [4.78, 5) is 11.0. The van der Waals surface area contributed by atoms with Gasteiger partial charge in [-0.25, -0.2) is 0 Å². The van der Waals surface area contributed by atoms with E-state index in [1.54, 1.807) is 21.3 Å². The molecule has 7 nitrogen and oxygen atoms in total. The average molecular weight is 297 g/mol. The van der Waals surface area contributed by atoms with Crippen molar-refractivity contribution >= 4 is 18.7 Å². The highest BCUT2D eigenvalue weighted by Gasteiger charge is 2.13. The number of ether oxygens (including phenoxy) is 5. The van der Waals surface area contributed by atoms with Crippen LogP contribution in [0.25, 0.3) is 0 Å². The number of carbonyl (C=O) groups excluding carboxylic acids is 1. The second-order valence-electron chi connectivity index (χ2n) is 3.77. The van der Waals surface area contributed by atoms with Crippen LogP contribution in [0.2, 0.25) is 0 Å². The van der Waals surface area contributed by atoms with Crippen LogP contribution in [0.3, 0.4) is 0 Å². The van der Waals surface area contributed by atoms with Gasteiger partial charge in [0.05, 0.1) is 26.4 Å². The smallest absolute Gasteiger partial charge is 0.255 e. The van der Waals surface area contributed by atoms with E-state index in [4.69, 9.17) is 23.7 Å². The molecule has 0 aromatic carbocycles. The minimum absolute atomic E-state index is 0.0906. The molecule has 0 aliphatic rings. The summed E-state index contributed by atoms with van der Waals surface area (Å²) < 4.78 is 28.1. The van der Waals surface area contributed by atoms with Crippen molar-refractivity contribution in [3.8, 4) is 0 Å². The molecule has 1 N–H and O–H groups in total. The van der Waals surface area contributed by atoms with E-state index in [9.17, 15) is 4.79 Å². The first-order valence-electron chi connectivity index (χ1n) is 5.80. The van der Waals surface area contributed by atoms with E-state index in [-0.39, 0.29) is 24.7 Å². The zero-order chi connectivity index (χ0) is 14.5. The number of rotatable bonds is 12. The molecule has 0 saturated carbocycles. The number of thiol groups is 1. The molecule has 2 unspecified atom stereocenters. The molecule has 8 heteroatoms. The second-order valence-corrected chi connectivity index (χ2v) is 4.00. The fourth-order valence-electron chi connectivity index (χ4n) is 1.26. The Labute approximate surface area is 119 Å². The van der Waals surface area contributed by atoms with Crippen LogP contribution in [-0.2, 0) is 28.5 Å². The number of hydrogen-bond donors (Lipinski definition) is 2. The first-order valence-corrected chi connectivity index (χ1v) is 6.25. The van der Waals surface area contributed by atoms with Gasteiger partial charge < -0.3 is 28.4 Å². The lowest BCUT2D eigenvalue weighted by Crippen LogP contribution is -2.32.